The van der Waals surface area contributed by atoms with Gasteiger partial charge in [-0.3, -0.25) is 9.30 Å². The molecule has 5 aromatic rings. The van der Waals surface area contributed by atoms with E-state index in [4.69, 9.17) is 26.1 Å². The van der Waals surface area contributed by atoms with E-state index in [9.17, 15) is 13.9 Å². The number of imidazole rings is 1. The number of anilines is 1. The van der Waals surface area contributed by atoms with Crippen molar-refractivity contribution in [2.75, 3.05) is 37.7 Å². The molecule has 7 heterocycles. The van der Waals surface area contributed by atoms with Gasteiger partial charge in [-0.2, -0.15) is 18.7 Å². The largest absolute Gasteiger partial charge is 0.508 e. The molecule has 2 bridgehead atoms. The van der Waals surface area contributed by atoms with E-state index in [2.05, 4.69) is 21.0 Å². The van der Waals surface area contributed by atoms with Gasteiger partial charge in [0.25, 0.3) is 6.08 Å². The van der Waals surface area contributed by atoms with Crippen LogP contribution in [0.5, 0.6) is 11.8 Å². The molecule has 2 N–H and O–H groups in total. The molecule has 4 saturated heterocycles. The number of halogens is 3. The molecule has 4 aliphatic heterocycles. The van der Waals surface area contributed by atoms with Crippen LogP contribution in [0.3, 0.4) is 0 Å². The summed E-state index contributed by atoms with van der Waals surface area (Å²) in [4.78, 5) is 19.1. The number of terminal acetylenes is 1. The molecule has 244 valence electrons. The summed E-state index contributed by atoms with van der Waals surface area (Å²) in [6.45, 7) is 2.82. The van der Waals surface area contributed by atoms with E-state index in [0.717, 1.165) is 56.7 Å². The lowest BCUT2D eigenvalue weighted by Crippen LogP contribution is -2.52. The second kappa shape index (κ2) is 10.8. The maximum absolute atomic E-state index is 15.1. The first-order chi connectivity index (χ1) is 23.3. The van der Waals surface area contributed by atoms with Crippen LogP contribution in [-0.2, 0) is 0 Å². The van der Waals surface area contributed by atoms with Crippen molar-refractivity contribution in [2.24, 2.45) is 0 Å². The number of piperazine rings is 1. The Morgan fingerprint density at radius 1 is 1.12 bits per heavy atom. The lowest BCUT2D eigenvalue weighted by molar-refractivity contribution is 0.108. The van der Waals surface area contributed by atoms with Crippen LogP contribution in [0.15, 0.2) is 54.4 Å². The fourth-order valence-electron chi connectivity index (χ4n) is 8.67. The lowest BCUT2D eigenvalue weighted by atomic mass is 9.94. The Kier molecular flexibility index (Phi) is 6.61. The molecular weight excluding hydrogens is 619 g/mol. The van der Waals surface area contributed by atoms with Gasteiger partial charge in [-0.1, -0.05) is 12.0 Å². The number of hydrogen-bond acceptors (Lipinski definition) is 8. The van der Waals surface area contributed by atoms with Crippen molar-refractivity contribution < 1.29 is 23.0 Å². The van der Waals surface area contributed by atoms with Crippen molar-refractivity contribution >= 4 is 33.3 Å². The van der Waals surface area contributed by atoms with E-state index in [1.165, 1.54) is 6.07 Å². The van der Waals surface area contributed by atoms with E-state index in [0.29, 0.717) is 33.1 Å². The van der Waals surface area contributed by atoms with Crippen molar-refractivity contribution in [2.45, 2.75) is 49.7 Å². The summed E-state index contributed by atoms with van der Waals surface area (Å²) in [7, 11) is 0. The van der Waals surface area contributed by atoms with Crippen LogP contribution in [0, 0.1) is 18.2 Å². The normalized spacial score (nSPS) is 23.8. The Morgan fingerprint density at radius 2 is 1.96 bits per heavy atom. The molecule has 0 spiro atoms. The fourth-order valence-corrected chi connectivity index (χ4v) is 8.67. The molecule has 0 radical (unpaired) electrons. The molecule has 0 saturated carbocycles. The molecule has 12 heteroatoms. The highest BCUT2D eigenvalue weighted by atomic mass is 19.3. The molecule has 0 unspecified atom stereocenters. The highest BCUT2D eigenvalue weighted by Crippen LogP contribution is 2.44. The van der Waals surface area contributed by atoms with E-state index in [1.54, 1.807) is 24.4 Å². The molecule has 0 amide bonds. The summed E-state index contributed by atoms with van der Waals surface area (Å²) < 4.78 is 50.8. The third-order valence-corrected chi connectivity index (χ3v) is 10.8. The minimum atomic E-state index is -1.61. The Bertz CT molecular complexity index is 2210. The summed E-state index contributed by atoms with van der Waals surface area (Å²) in [5.74, 6) is 2.68. The Morgan fingerprint density at radius 3 is 2.75 bits per heavy atom. The molecule has 4 aliphatic rings. The Hall–Kier alpha value is -4.86. The molecule has 48 heavy (non-hydrogen) atoms. The Balaban J connectivity index is 1.25. The summed E-state index contributed by atoms with van der Waals surface area (Å²) in [5.41, 5.74) is 2.72. The average molecular weight is 652 g/mol. The van der Waals surface area contributed by atoms with Crippen molar-refractivity contribution in [3.8, 4) is 35.2 Å². The maximum Gasteiger partial charge on any atom is 0.319 e. The van der Waals surface area contributed by atoms with Crippen LogP contribution in [-0.4, -0.2) is 79.8 Å². The number of aromatic hydroxyl groups is 1. The number of fused-ring (bicyclic) bond motifs is 7. The number of nitrogens with one attached hydrogen (secondary N) is 1. The zero-order valence-corrected chi connectivity index (χ0v) is 26.0. The second-order valence-corrected chi connectivity index (χ2v) is 13.4. The molecule has 3 atom stereocenters. The van der Waals surface area contributed by atoms with Crippen LogP contribution in [0.1, 0.15) is 37.7 Å². The van der Waals surface area contributed by atoms with Gasteiger partial charge >= 0.3 is 6.01 Å². The third-order valence-electron chi connectivity index (χ3n) is 10.8. The van der Waals surface area contributed by atoms with Gasteiger partial charge in [0, 0.05) is 60.6 Å². The number of phenols is 1. The number of phenolic OH excluding ortho intramolecular Hbond substituents is 1. The number of hydrogen-bond donors (Lipinski definition) is 2. The quantitative estimate of drug-likeness (QED) is 0.237. The topological polar surface area (TPSA) is 91.1 Å². The van der Waals surface area contributed by atoms with Gasteiger partial charge in [0.15, 0.2) is 5.82 Å². The number of aromatic nitrogens is 4. The van der Waals surface area contributed by atoms with Gasteiger partial charge in [-0.15, -0.1) is 6.42 Å². The molecule has 4 fully saturated rings. The minimum Gasteiger partial charge on any atom is -0.508 e. The number of rotatable bonds is 5. The minimum absolute atomic E-state index is 0.00301. The summed E-state index contributed by atoms with van der Waals surface area (Å²) in [6.07, 6.45) is 11.7. The van der Waals surface area contributed by atoms with E-state index < -0.39 is 17.4 Å². The predicted octanol–water partition coefficient (Wildman–Crippen LogP) is 5.63. The van der Waals surface area contributed by atoms with Crippen LogP contribution >= 0.6 is 0 Å². The number of benzene rings is 2. The first-order valence-electron chi connectivity index (χ1n) is 16.3. The predicted molar refractivity (Wildman–Crippen MR) is 176 cm³/mol. The molecule has 0 aliphatic carbocycles. The lowest BCUT2D eigenvalue weighted by Gasteiger charge is -2.37. The number of pyridine rings is 1. The van der Waals surface area contributed by atoms with Crippen LogP contribution < -0.4 is 15.0 Å². The average Bonchev–Trinajstić information content (AvgIpc) is 3.84. The van der Waals surface area contributed by atoms with E-state index in [1.807, 2.05) is 16.7 Å². The number of ether oxygens (including phenoxy) is 1. The summed E-state index contributed by atoms with van der Waals surface area (Å²) >= 11 is 0. The van der Waals surface area contributed by atoms with E-state index in [-0.39, 0.29) is 54.6 Å². The van der Waals surface area contributed by atoms with Gasteiger partial charge < -0.3 is 20.1 Å². The highest BCUT2D eigenvalue weighted by molar-refractivity contribution is 6.06. The van der Waals surface area contributed by atoms with Gasteiger partial charge in [0.2, 0.25) is 0 Å². The zero-order valence-electron chi connectivity index (χ0n) is 26.0. The maximum atomic E-state index is 15.1. The van der Waals surface area contributed by atoms with Crippen molar-refractivity contribution in [3.63, 3.8) is 0 Å². The highest BCUT2D eigenvalue weighted by Gasteiger charge is 2.48. The van der Waals surface area contributed by atoms with Gasteiger partial charge in [0.1, 0.15) is 29.3 Å². The SMILES string of the molecule is C#Cc1c(F)ccc2cc(O)cc(-c3cc4nc(OC[C@@]56CCCN5CC(=C(F)F)C6)nc(N5[C@@H]6CC[C@H]5CNC6)c4n4ccnc34)c12. The molecule has 2 aromatic carbocycles. The molecule has 9 nitrogen and oxygen atoms in total. The zero-order chi connectivity index (χ0) is 32.7. The fraction of sp³-hybridized carbons (Fsp3) is 0.361. The first-order valence-corrected chi connectivity index (χ1v) is 16.3. The molecular formula is C36H32F3N7O2. The van der Waals surface area contributed by atoms with Gasteiger partial charge in [0.05, 0.1) is 16.6 Å². The van der Waals surface area contributed by atoms with Crippen molar-refractivity contribution in [1.82, 2.24) is 29.6 Å². The van der Waals surface area contributed by atoms with Gasteiger partial charge in [-0.25, -0.2) is 9.37 Å². The summed E-state index contributed by atoms with van der Waals surface area (Å²) in [6, 6.07) is 8.50. The monoisotopic (exact) mass is 651 g/mol. The van der Waals surface area contributed by atoms with Crippen molar-refractivity contribution in [1.29, 1.82) is 0 Å². The van der Waals surface area contributed by atoms with Gasteiger partial charge in [-0.05, 0) is 73.9 Å². The molecule has 9 rings (SSSR count). The van der Waals surface area contributed by atoms with Crippen molar-refractivity contribution in [3.05, 3.63) is 65.8 Å². The summed E-state index contributed by atoms with van der Waals surface area (Å²) in [5, 5.41) is 15.4. The standard InChI is InChI=1S/C36H32F3N7O2/c1-2-25-28(37)7-4-20-12-24(47)13-26(30(20)25)27-14-29-31(45-11-9-41-33(27)45)34(46-22-5-6-23(46)17-40-16-22)43-35(42-29)48-19-36-8-3-10-44(36)18-21(15-36)32(38)39/h1,4,7,9,11-14,22-23,40,47H,3,5-6,8,10,15-19H2/t22-,23+,36-/m0/s1. The molecule has 3 aromatic heterocycles. The third kappa shape index (κ3) is 4.37. The van der Waals surface area contributed by atoms with Crippen LogP contribution in [0.4, 0.5) is 19.0 Å². The smallest absolute Gasteiger partial charge is 0.319 e. The second-order valence-electron chi connectivity index (χ2n) is 13.4. The number of nitrogens with zero attached hydrogens (tertiary/aromatic N) is 6. The Labute approximate surface area is 274 Å². The van der Waals surface area contributed by atoms with Crippen LogP contribution in [0.2, 0.25) is 0 Å². The van der Waals surface area contributed by atoms with Crippen LogP contribution in [0.25, 0.3) is 38.6 Å². The first kappa shape index (κ1) is 29.3. The van der Waals surface area contributed by atoms with E-state index >= 15 is 4.39 Å².